The van der Waals surface area contributed by atoms with Crippen molar-refractivity contribution in [2.75, 3.05) is 26.2 Å². The largest absolute Gasteiger partial charge is 0.492 e. The van der Waals surface area contributed by atoms with Crippen molar-refractivity contribution in [3.05, 3.63) is 63.1 Å². The van der Waals surface area contributed by atoms with Crippen molar-refractivity contribution < 1.29 is 17.9 Å². The number of amides is 1. The number of hydrogen-bond acceptors (Lipinski definition) is 4. The molecule has 0 radical (unpaired) electrons. The van der Waals surface area contributed by atoms with Crippen LogP contribution in [0.1, 0.15) is 18.4 Å². The molecular weight excluding hydrogens is 483 g/mol. The number of benzene rings is 2. The molecule has 10 heteroatoms. The van der Waals surface area contributed by atoms with Gasteiger partial charge < -0.3 is 10.1 Å². The fraction of sp³-hybridized carbons (Fsp3) is 0.381. The number of rotatable bonds is 8. The van der Waals surface area contributed by atoms with Crippen LogP contribution in [0, 0.1) is 5.92 Å². The monoisotopic (exact) mass is 504 g/mol. The average molecular weight is 506 g/mol. The molecule has 1 aliphatic rings. The lowest BCUT2D eigenvalue weighted by atomic mass is 9.99. The van der Waals surface area contributed by atoms with Gasteiger partial charge in [0.25, 0.3) is 0 Å². The van der Waals surface area contributed by atoms with Gasteiger partial charge in [-0.15, -0.1) is 0 Å². The Hall–Kier alpha value is -1.51. The van der Waals surface area contributed by atoms with Crippen LogP contribution in [0.4, 0.5) is 0 Å². The summed E-state index contributed by atoms with van der Waals surface area (Å²) in [7, 11) is -3.61. The highest BCUT2D eigenvalue weighted by Gasteiger charge is 2.32. The summed E-state index contributed by atoms with van der Waals surface area (Å²) in [6.07, 6.45) is 1.25. The third-order valence-corrected chi connectivity index (χ3v) is 7.62. The van der Waals surface area contributed by atoms with Gasteiger partial charge in [-0.1, -0.05) is 40.9 Å². The Morgan fingerprint density at radius 3 is 2.52 bits per heavy atom. The molecule has 1 fully saturated rings. The van der Waals surface area contributed by atoms with E-state index in [0.717, 1.165) is 0 Å². The predicted molar refractivity (Wildman–Crippen MR) is 123 cm³/mol. The number of carbonyl (C=O) groups is 1. The molecule has 0 unspecified atom stereocenters. The summed E-state index contributed by atoms with van der Waals surface area (Å²) in [5.41, 5.74) is 0.483. The molecule has 1 atom stereocenters. The van der Waals surface area contributed by atoms with Gasteiger partial charge in [0, 0.05) is 28.2 Å². The van der Waals surface area contributed by atoms with Crippen LogP contribution in [-0.4, -0.2) is 44.9 Å². The Morgan fingerprint density at radius 1 is 1.10 bits per heavy atom. The van der Waals surface area contributed by atoms with E-state index in [1.807, 2.05) is 0 Å². The van der Waals surface area contributed by atoms with E-state index in [4.69, 9.17) is 39.5 Å². The lowest BCUT2D eigenvalue weighted by molar-refractivity contribution is -0.126. The molecule has 0 aliphatic carbocycles. The molecule has 2 aromatic rings. The average Bonchev–Trinajstić information content (AvgIpc) is 2.74. The summed E-state index contributed by atoms with van der Waals surface area (Å²) in [6, 6.07) is 11.7. The van der Waals surface area contributed by atoms with Crippen molar-refractivity contribution in [3.63, 3.8) is 0 Å². The van der Waals surface area contributed by atoms with Crippen molar-refractivity contribution in [1.29, 1.82) is 0 Å². The van der Waals surface area contributed by atoms with E-state index in [0.29, 0.717) is 58.9 Å². The van der Waals surface area contributed by atoms with Gasteiger partial charge in [-0.2, -0.15) is 0 Å². The van der Waals surface area contributed by atoms with Gasteiger partial charge in [-0.3, -0.25) is 4.79 Å². The van der Waals surface area contributed by atoms with Crippen LogP contribution >= 0.6 is 34.8 Å². The Bertz CT molecular complexity index is 1020. The lowest BCUT2D eigenvalue weighted by Crippen LogP contribution is -2.46. The molecule has 0 spiro atoms. The quantitative estimate of drug-likeness (QED) is 0.540. The normalized spacial score (nSPS) is 17.3. The number of halogens is 3. The van der Waals surface area contributed by atoms with Gasteiger partial charge in [0.2, 0.25) is 15.9 Å². The fourth-order valence-electron chi connectivity index (χ4n) is 3.35. The SMILES string of the molecule is O=C(NCCOc1ccc(Cl)cc1)[C@H]1CCCN(S(=O)(=O)Cc2ccc(Cl)cc2Cl)C1. The molecule has 1 heterocycles. The third kappa shape index (κ3) is 6.99. The fourth-order valence-corrected chi connectivity index (χ4v) is 5.68. The molecule has 2 aromatic carbocycles. The highest BCUT2D eigenvalue weighted by atomic mass is 35.5. The number of nitrogens with zero attached hydrogens (tertiary/aromatic N) is 1. The van der Waals surface area contributed by atoms with Crippen LogP contribution in [0.5, 0.6) is 5.75 Å². The van der Waals surface area contributed by atoms with E-state index in [1.165, 1.54) is 10.4 Å². The maximum atomic E-state index is 12.9. The van der Waals surface area contributed by atoms with Crippen LogP contribution in [-0.2, 0) is 20.6 Å². The first-order valence-corrected chi connectivity index (χ1v) is 12.6. The second kappa shape index (κ2) is 10.9. The molecule has 1 N–H and O–H groups in total. The first-order valence-electron chi connectivity index (χ1n) is 9.82. The zero-order valence-corrected chi connectivity index (χ0v) is 19.8. The number of sulfonamides is 1. The number of hydrogen-bond donors (Lipinski definition) is 1. The lowest BCUT2D eigenvalue weighted by Gasteiger charge is -2.31. The van der Waals surface area contributed by atoms with Crippen molar-refractivity contribution >= 4 is 50.7 Å². The minimum absolute atomic E-state index is 0.150. The molecule has 0 saturated carbocycles. The molecule has 31 heavy (non-hydrogen) atoms. The Labute approximate surface area is 197 Å². The molecule has 168 valence electrons. The molecule has 1 aliphatic heterocycles. The van der Waals surface area contributed by atoms with Gasteiger partial charge >= 0.3 is 0 Å². The number of nitrogens with one attached hydrogen (secondary N) is 1. The van der Waals surface area contributed by atoms with Crippen LogP contribution in [0.15, 0.2) is 42.5 Å². The summed E-state index contributed by atoms with van der Waals surface area (Å²) >= 11 is 17.8. The van der Waals surface area contributed by atoms with Gasteiger partial charge in [0.05, 0.1) is 18.2 Å². The van der Waals surface area contributed by atoms with Crippen LogP contribution < -0.4 is 10.1 Å². The third-order valence-electron chi connectivity index (χ3n) is 4.98. The van der Waals surface area contributed by atoms with Gasteiger partial charge in [0.15, 0.2) is 0 Å². The van der Waals surface area contributed by atoms with E-state index in [-0.39, 0.29) is 18.2 Å². The van der Waals surface area contributed by atoms with Gasteiger partial charge in [0.1, 0.15) is 12.4 Å². The highest BCUT2D eigenvalue weighted by Crippen LogP contribution is 2.26. The molecule has 6 nitrogen and oxygen atoms in total. The summed E-state index contributed by atoms with van der Waals surface area (Å²) in [4.78, 5) is 12.5. The molecular formula is C21H23Cl3N2O4S. The minimum Gasteiger partial charge on any atom is -0.492 e. The predicted octanol–water partition coefficient (Wildman–Crippen LogP) is 4.38. The van der Waals surface area contributed by atoms with E-state index in [9.17, 15) is 13.2 Å². The Morgan fingerprint density at radius 2 is 1.81 bits per heavy atom. The maximum absolute atomic E-state index is 12.9. The Kier molecular flexibility index (Phi) is 8.47. The van der Waals surface area contributed by atoms with E-state index < -0.39 is 15.9 Å². The maximum Gasteiger partial charge on any atom is 0.224 e. The number of carbonyl (C=O) groups excluding carboxylic acids is 1. The molecule has 0 bridgehead atoms. The zero-order valence-electron chi connectivity index (χ0n) is 16.7. The van der Waals surface area contributed by atoms with Crippen molar-refractivity contribution in [2.24, 2.45) is 5.92 Å². The number of ether oxygens (including phenoxy) is 1. The van der Waals surface area contributed by atoms with E-state index in [1.54, 1.807) is 36.4 Å². The summed E-state index contributed by atoms with van der Waals surface area (Å²) in [5.74, 6) is -0.148. The second-order valence-electron chi connectivity index (χ2n) is 7.28. The zero-order chi connectivity index (χ0) is 22.4. The van der Waals surface area contributed by atoms with Crippen molar-refractivity contribution in [3.8, 4) is 5.75 Å². The van der Waals surface area contributed by atoms with Gasteiger partial charge in [-0.25, -0.2) is 12.7 Å². The summed E-state index contributed by atoms with van der Waals surface area (Å²) < 4.78 is 32.7. The second-order valence-corrected chi connectivity index (χ2v) is 10.5. The number of piperidine rings is 1. The molecule has 3 rings (SSSR count). The molecule has 1 saturated heterocycles. The molecule has 1 amide bonds. The smallest absolute Gasteiger partial charge is 0.224 e. The highest BCUT2D eigenvalue weighted by molar-refractivity contribution is 7.88. The van der Waals surface area contributed by atoms with E-state index in [2.05, 4.69) is 5.32 Å². The minimum atomic E-state index is -3.61. The van der Waals surface area contributed by atoms with Crippen molar-refractivity contribution in [2.45, 2.75) is 18.6 Å². The first kappa shape index (κ1) is 24.1. The van der Waals surface area contributed by atoms with Crippen LogP contribution in [0.3, 0.4) is 0 Å². The summed E-state index contributed by atoms with van der Waals surface area (Å²) in [6.45, 7) is 1.16. The Balaban J connectivity index is 1.50. The van der Waals surface area contributed by atoms with Crippen LogP contribution in [0.2, 0.25) is 15.1 Å². The van der Waals surface area contributed by atoms with Crippen molar-refractivity contribution in [1.82, 2.24) is 9.62 Å². The van der Waals surface area contributed by atoms with Crippen LogP contribution in [0.25, 0.3) is 0 Å². The topological polar surface area (TPSA) is 75.7 Å². The van der Waals surface area contributed by atoms with Gasteiger partial charge in [-0.05, 0) is 54.8 Å². The molecule has 0 aromatic heterocycles. The van der Waals surface area contributed by atoms with E-state index >= 15 is 0 Å². The standard InChI is InChI=1S/C21H23Cl3N2O4S/c22-17-5-7-19(8-6-17)30-11-9-25-21(27)15-2-1-10-26(13-15)31(28,29)14-16-3-4-18(23)12-20(16)24/h3-8,12,15H,1-2,9-11,13-14H2,(H,25,27)/t15-/m0/s1. The first-order chi connectivity index (χ1) is 14.7. The summed E-state index contributed by atoms with van der Waals surface area (Å²) in [5, 5.41) is 4.20.